The number of nitrogens with zero attached hydrogens (tertiary/aromatic N) is 1. The van der Waals surface area contributed by atoms with Gasteiger partial charge in [0.25, 0.3) is 0 Å². The first-order chi connectivity index (χ1) is 9.93. The molecule has 0 aliphatic carbocycles. The van der Waals surface area contributed by atoms with Crippen LogP contribution in [0.3, 0.4) is 0 Å². The maximum Gasteiger partial charge on any atom is 0.250 e. The Labute approximate surface area is 126 Å². The number of nitrogens with one attached hydrogen (secondary N) is 1. The molecule has 0 bridgehead atoms. The molecule has 4 nitrogen and oxygen atoms in total. The molecule has 2 atom stereocenters. The molecule has 4 heteroatoms. The van der Waals surface area contributed by atoms with Crippen molar-refractivity contribution in [2.24, 2.45) is 5.92 Å². The van der Waals surface area contributed by atoms with Gasteiger partial charge >= 0.3 is 0 Å². The third-order valence-electron chi connectivity index (χ3n) is 3.84. The Morgan fingerprint density at radius 3 is 2.57 bits per heavy atom. The van der Waals surface area contributed by atoms with Gasteiger partial charge in [0.05, 0.1) is 0 Å². The van der Waals surface area contributed by atoms with Crippen molar-refractivity contribution in [3.8, 4) is 0 Å². The molecule has 114 valence electrons. The van der Waals surface area contributed by atoms with Gasteiger partial charge in [-0.2, -0.15) is 0 Å². The second-order valence-electron chi connectivity index (χ2n) is 6.16. The molecule has 1 aromatic carbocycles. The van der Waals surface area contributed by atoms with E-state index in [1.807, 2.05) is 38.1 Å². The van der Waals surface area contributed by atoms with Crippen LogP contribution in [0.5, 0.6) is 0 Å². The van der Waals surface area contributed by atoms with Crippen LogP contribution in [0.4, 0.5) is 5.69 Å². The van der Waals surface area contributed by atoms with Gasteiger partial charge in [-0.15, -0.1) is 0 Å². The number of carbonyl (C=O) groups is 2. The lowest BCUT2D eigenvalue weighted by Crippen LogP contribution is -2.63. The first-order valence-electron chi connectivity index (χ1n) is 7.64. The second kappa shape index (κ2) is 6.29. The first-order valence-corrected chi connectivity index (χ1v) is 7.64. The van der Waals surface area contributed by atoms with E-state index < -0.39 is 12.1 Å². The van der Waals surface area contributed by atoms with Gasteiger partial charge in [-0.3, -0.25) is 14.5 Å². The summed E-state index contributed by atoms with van der Waals surface area (Å²) in [7, 11) is 0. The molecule has 21 heavy (non-hydrogen) atoms. The standard InChI is InChI=1S/C17H24N2O2/c1-5-15-16(20)18-14(9-11(2)3)17(21)19(15)13-8-6-7-12(4)10-13/h6-8,10-11,14-15H,5,9H2,1-4H3,(H,18,20). The summed E-state index contributed by atoms with van der Waals surface area (Å²) < 4.78 is 0. The molecule has 1 aliphatic heterocycles. The maximum atomic E-state index is 12.8. The molecule has 2 rings (SSSR count). The normalized spacial score (nSPS) is 22.6. The Morgan fingerprint density at radius 1 is 1.29 bits per heavy atom. The van der Waals surface area contributed by atoms with Crippen LogP contribution in [-0.4, -0.2) is 23.9 Å². The Bertz CT molecular complexity index is 539. The predicted molar refractivity (Wildman–Crippen MR) is 84.1 cm³/mol. The zero-order chi connectivity index (χ0) is 15.6. The number of amides is 2. The summed E-state index contributed by atoms with van der Waals surface area (Å²) in [5.74, 6) is 0.307. The highest BCUT2D eigenvalue weighted by atomic mass is 16.2. The highest BCUT2D eigenvalue weighted by Crippen LogP contribution is 2.25. The van der Waals surface area contributed by atoms with Crippen molar-refractivity contribution in [1.29, 1.82) is 0 Å². The van der Waals surface area contributed by atoms with E-state index in [1.54, 1.807) is 4.90 Å². The van der Waals surface area contributed by atoms with E-state index >= 15 is 0 Å². The number of benzene rings is 1. The monoisotopic (exact) mass is 288 g/mol. The molecular weight excluding hydrogens is 264 g/mol. The van der Waals surface area contributed by atoms with Crippen LogP contribution in [0.1, 0.15) is 39.2 Å². The Hall–Kier alpha value is -1.84. The van der Waals surface area contributed by atoms with Crippen LogP contribution >= 0.6 is 0 Å². The van der Waals surface area contributed by atoms with Gasteiger partial charge in [0.15, 0.2) is 0 Å². The van der Waals surface area contributed by atoms with Crippen LogP contribution in [0.15, 0.2) is 24.3 Å². The van der Waals surface area contributed by atoms with Gasteiger partial charge < -0.3 is 5.32 Å². The highest BCUT2D eigenvalue weighted by Gasteiger charge is 2.40. The molecule has 0 radical (unpaired) electrons. The van der Waals surface area contributed by atoms with E-state index in [0.717, 1.165) is 11.3 Å². The van der Waals surface area contributed by atoms with E-state index in [0.29, 0.717) is 18.8 Å². The van der Waals surface area contributed by atoms with Crippen LogP contribution in [-0.2, 0) is 9.59 Å². The quantitative estimate of drug-likeness (QED) is 0.926. The van der Waals surface area contributed by atoms with Crippen LogP contribution in [0.25, 0.3) is 0 Å². The zero-order valence-electron chi connectivity index (χ0n) is 13.2. The zero-order valence-corrected chi connectivity index (χ0v) is 13.2. The lowest BCUT2D eigenvalue weighted by atomic mass is 9.97. The van der Waals surface area contributed by atoms with Crippen molar-refractivity contribution < 1.29 is 9.59 Å². The summed E-state index contributed by atoms with van der Waals surface area (Å²) in [6.07, 6.45) is 1.28. The van der Waals surface area contributed by atoms with Crippen LogP contribution < -0.4 is 10.2 Å². The summed E-state index contributed by atoms with van der Waals surface area (Å²) in [5, 5.41) is 2.88. The average molecular weight is 288 g/mol. The fraction of sp³-hybridized carbons (Fsp3) is 0.529. The molecule has 1 heterocycles. The third-order valence-corrected chi connectivity index (χ3v) is 3.84. The largest absolute Gasteiger partial charge is 0.342 e. The van der Waals surface area contributed by atoms with E-state index in [2.05, 4.69) is 19.2 Å². The summed E-state index contributed by atoms with van der Waals surface area (Å²) in [5.41, 5.74) is 1.90. The summed E-state index contributed by atoms with van der Waals surface area (Å²) in [6.45, 7) is 8.04. The molecule has 2 amide bonds. The lowest BCUT2D eigenvalue weighted by molar-refractivity contribution is -0.134. The van der Waals surface area contributed by atoms with E-state index in [-0.39, 0.29) is 11.8 Å². The van der Waals surface area contributed by atoms with Crippen molar-refractivity contribution >= 4 is 17.5 Å². The van der Waals surface area contributed by atoms with Gasteiger partial charge in [0.2, 0.25) is 11.8 Å². The number of piperazine rings is 1. The topological polar surface area (TPSA) is 49.4 Å². The Kier molecular flexibility index (Phi) is 4.66. The average Bonchev–Trinajstić information content (AvgIpc) is 2.41. The maximum absolute atomic E-state index is 12.8. The predicted octanol–water partition coefficient (Wildman–Crippen LogP) is 2.65. The molecule has 0 saturated carbocycles. The summed E-state index contributed by atoms with van der Waals surface area (Å²) in [6, 6.07) is 6.95. The highest BCUT2D eigenvalue weighted by molar-refractivity contribution is 6.08. The van der Waals surface area contributed by atoms with Crippen molar-refractivity contribution in [2.75, 3.05) is 4.90 Å². The fourth-order valence-electron chi connectivity index (χ4n) is 2.85. The van der Waals surface area contributed by atoms with Gasteiger partial charge in [0, 0.05) is 5.69 Å². The summed E-state index contributed by atoms with van der Waals surface area (Å²) >= 11 is 0. The molecule has 0 spiro atoms. The van der Waals surface area contributed by atoms with Crippen molar-refractivity contribution in [3.63, 3.8) is 0 Å². The smallest absolute Gasteiger partial charge is 0.250 e. The lowest BCUT2D eigenvalue weighted by Gasteiger charge is -2.39. The number of hydrogen-bond donors (Lipinski definition) is 1. The van der Waals surface area contributed by atoms with Crippen molar-refractivity contribution in [2.45, 2.75) is 52.6 Å². The van der Waals surface area contributed by atoms with Gasteiger partial charge in [0.1, 0.15) is 12.1 Å². The number of rotatable bonds is 4. The molecular formula is C17H24N2O2. The first kappa shape index (κ1) is 15.5. The minimum Gasteiger partial charge on any atom is -0.342 e. The number of hydrogen-bond acceptors (Lipinski definition) is 2. The molecule has 1 N–H and O–H groups in total. The minimum atomic E-state index is -0.416. The molecule has 1 fully saturated rings. The van der Waals surface area contributed by atoms with Crippen molar-refractivity contribution in [1.82, 2.24) is 5.32 Å². The summed E-state index contributed by atoms with van der Waals surface area (Å²) in [4.78, 5) is 26.8. The SMILES string of the molecule is CCC1C(=O)NC(CC(C)C)C(=O)N1c1cccc(C)c1. The van der Waals surface area contributed by atoms with Gasteiger partial charge in [-0.05, 0) is 43.4 Å². The molecule has 2 unspecified atom stereocenters. The van der Waals surface area contributed by atoms with E-state index in [1.165, 1.54) is 0 Å². The Morgan fingerprint density at radius 2 is 2.00 bits per heavy atom. The third kappa shape index (κ3) is 3.26. The fourth-order valence-corrected chi connectivity index (χ4v) is 2.85. The molecule has 1 aromatic rings. The second-order valence-corrected chi connectivity index (χ2v) is 6.16. The van der Waals surface area contributed by atoms with Crippen LogP contribution in [0.2, 0.25) is 0 Å². The van der Waals surface area contributed by atoms with Gasteiger partial charge in [-0.1, -0.05) is 32.9 Å². The Balaban J connectivity index is 2.37. The van der Waals surface area contributed by atoms with E-state index in [9.17, 15) is 9.59 Å². The number of aryl methyl sites for hydroxylation is 1. The molecule has 1 aliphatic rings. The van der Waals surface area contributed by atoms with Crippen LogP contribution in [0, 0.1) is 12.8 Å². The number of carbonyl (C=O) groups excluding carboxylic acids is 2. The molecule has 0 aromatic heterocycles. The minimum absolute atomic E-state index is 0.000694. The van der Waals surface area contributed by atoms with Crippen molar-refractivity contribution in [3.05, 3.63) is 29.8 Å². The molecule has 1 saturated heterocycles. The van der Waals surface area contributed by atoms with Gasteiger partial charge in [-0.25, -0.2) is 0 Å². The van der Waals surface area contributed by atoms with E-state index in [4.69, 9.17) is 0 Å². The number of anilines is 1.